The summed E-state index contributed by atoms with van der Waals surface area (Å²) in [5.41, 5.74) is 6.17. The summed E-state index contributed by atoms with van der Waals surface area (Å²) in [5, 5.41) is 36.9. The highest BCUT2D eigenvalue weighted by atomic mass is 16.5. The summed E-state index contributed by atoms with van der Waals surface area (Å²) in [6.45, 7) is 7.57. The van der Waals surface area contributed by atoms with Crippen molar-refractivity contribution in [2.45, 2.75) is 242 Å². The molecule has 42 nitrogen and oxygen atoms in total. The lowest BCUT2D eigenvalue weighted by Gasteiger charge is -2.29. The number of carbonyl (C=O) groups is 20. The number of benzene rings is 2. The van der Waals surface area contributed by atoms with Crippen molar-refractivity contribution in [2.75, 3.05) is 67.5 Å². The van der Waals surface area contributed by atoms with E-state index in [1.807, 2.05) is 0 Å². The SMILES string of the molecule is CCCCCCCCCC(=O)NC(Cc1c[nH]c2ccccc12)C(=O)NC(CC(=O)NC(C)(C)C)C(=O)NC(CC(=O)OC)C(=O)NC1C(=O)NCC(=O)NC(CCCNC)C(=O)NC(CC(=O)OC)C(=O)NC(C)C(=O)NC(CC(=O)OC)C(=O)NCC(=O)NC(COC)C(=O)NC(CCC(C)=O)C(=O)NC(CC(=O)c2ccccc2N)C(=O)OC1C. The number of hydrogen-bond acceptors (Lipinski definition) is 27. The zero-order chi connectivity index (χ0) is 91.6. The predicted molar refractivity (Wildman–Crippen MR) is 440 cm³/mol. The number of H-pyrrole nitrogens is 1. The van der Waals surface area contributed by atoms with E-state index in [9.17, 15) is 76.7 Å². The molecule has 0 aliphatic carbocycles. The highest BCUT2D eigenvalue weighted by Gasteiger charge is 2.41. The number of unbranched alkanes of at least 4 members (excludes halogenated alkanes) is 6. The van der Waals surface area contributed by atoms with Crippen LogP contribution in [0.2, 0.25) is 0 Å². The number of rotatable bonds is 37. The first-order valence-electron chi connectivity index (χ1n) is 40.4. The van der Waals surface area contributed by atoms with Gasteiger partial charge in [0.1, 0.15) is 78.3 Å². The van der Waals surface area contributed by atoms with Crippen LogP contribution in [0.15, 0.2) is 54.7 Å². The van der Waals surface area contributed by atoms with Crippen molar-refractivity contribution >= 4 is 135 Å². The molecule has 18 N–H and O–H groups in total. The van der Waals surface area contributed by atoms with Crippen LogP contribution in [0.3, 0.4) is 0 Å². The molecule has 12 unspecified atom stereocenters. The minimum Gasteiger partial charge on any atom is -0.469 e. The van der Waals surface area contributed by atoms with Crippen LogP contribution in [0, 0.1) is 0 Å². The van der Waals surface area contributed by atoms with Crippen molar-refractivity contribution < 1.29 is 120 Å². The Balaban J connectivity index is 1.95. The van der Waals surface area contributed by atoms with Gasteiger partial charge < -0.3 is 119 Å². The maximum Gasteiger partial charge on any atom is 0.329 e. The van der Waals surface area contributed by atoms with Crippen molar-refractivity contribution in [3.05, 3.63) is 65.9 Å². The van der Waals surface area contributed by atoms with Gasteiger partial charge in [0, 0.05) is 66.7 Å². The Hall–Kier alpha value is -12.5. The van der Waals surface area contributed by atoms with Gasteiger partial charge >= 0.3 is 23.9 Å². The lowest BCUT2D eigenvalue weighted by Crippen LogP contribution is -2.62. The van der Waals surface area contributed by atoms with Crippen molar-refractivity contribution in [3.8, 4) is 0 Å². The fourth-order valence-corrected chi connectivity index (χ4v) is 12.5. The number of aromatic nitrogens is 1. The highest BCUT2D eigenvalue weighted by Crippen LogP contribution is 2.22. The first-order valence-corrected chi connectivity index (χ1v) is 40.4. The number of aromatic amines is 1. The number of ketones is 2. The van der Waals surface area contributed by atoms with Gasteiger partial charge in [0.05, 0.1) is 66.7 Å². The standard InChI is InChI=1S/C81H119N17O25/c1-13-14-15-16-17-18-19-30-62(101)89-54(34-47-40-84-51-28-23-21-25-48(47)51)75(113)93-55(36-63(102)98-81(5,6)7)76(114)95-58(39-68(107)122-12)77(115)97-69-46(4)123-80(118)59(35-61(100)49-26-20-22-27-50(49)82)96-73(111)53(32-31-44(2)99)91-78(116)60(43-119-9)90-65(104)41-85-71(109)56(37-66(105)120-10)92-70(108)45(3)87-74(112)57(38-67(106)121-11)94-72(110)52(29-24-33-83-8)88-64(103)42-86-79(69)117/h20-23,25-28,40,45-46,52-60,69,83-84H,13-19,24,29-39,41-43,82H2,1-12H3,(H,85,109)(H,86,117)(H,87,112)(H,88,103)(H,89,101)(H,90,104)(H,91,116)(H,92,108)(H,93,113)(H,94,110)(H,95,114)(H,96,111)(H,97,115)(H,98,102). The van der Waals surface area contributed by atoms with E-state index in [-0.39, 0.29) is 43.5 Å². The van der Waals surface area contributed by atoms with E-state index < -0.39 is 261 Å². The van der Waals surface area contributed by atoms with Gasteiger partial charge in [-0.2, -0.15) is 0 Å². The average molecular weight is 1730 g/mol. The number of amides is 14. The minimum absolute atomic E-state index is 0.0185. The number of esters is 4. The summed E-state index contributed by atoms with van der Waals surface area (Å²) in [6, 6.07) is -8.25. The van der Waals surface area contributed by atoms with E-state index in [4.69, 9.17) is 29.4 Å². The first kappa shape index (κ1) is 103. The second kappa shape index (κ2) is 52.6. The normalized spacial score (nSPS) is 20.4. The summed E-state index contributed by atoms with van der Waals surface area (Å²) in [4.78, 5) is 285. The molecule has 2 heterocycles. The van der Waals surface area contributed by atoms with E-state index in [0.29, 0.717) is 22.9 Å². The molecular weight excluding hydrogens is 1610 g/mol. The Kier molecular flexibility index (Phi) is 44.0. The largest absolute Gasteiger partial charge is 0.469 e. The third kappa shape index (κ3) is 36.8. The molecule has 3 aromatic rings. The number of nitrogens with two attached hydrogens (primary N) is 1. The van der Waals surface area contributed by atoms with Crippen LogP contribution in [0.5, 0.6) is 0 Å². The quantitative estimate of drug-likeness (QED) is 0.00914. The topological polar surface area (TPSA) is 610 Å². The number of anilines is 1. The fraction of sp³-hybridized carbons (Fsp3) is 0.580. The van der Waals surface area contributed by atoms with Gasteiger partial charge in [-0.3, -0.25) is 86.3 Å². The summed E-state index contributed by atoms with van der Waals surface area (Å²) >= 11 is 0. The minimum atomic E-state index is -2.34. The molecular formula is C81H119N17O25. The molecule has 0 spiro atoms. The van der Waals surface area contributed by atoms with Crippen LogP contribution >= 0.6 is 0 Å². The van der Waals surface area contributed by atoms with E-state index >= 15 is 19.2 Å². The lowest BCUT2D eigenvalue weighted by atomic mass is 10.0. The molecule has 1 aromatic heterocycles. The number of fused-ring (bicyclic) bond motifs is 1. The monoisotopic (exact) mass is 1730 g/mol. The molecule has 1 aliphatic heterocycles. The van der Waals surface area contributed by atoms with Crippen molar-refractivity contribution in [1.29, 1.82) is 0 Å². The van der Waals surface area contributed by atoms with Gasteiger partial charge in [0.25, 0.3) is 0 Å². The second-order valence-electron chi connectivity index (χ2n) is 30.5. The van der Waals surface area contributed by atoms with Crippen LogP contribution < -0.4 is 85.5 Å². The summed E-state index contributed by atoms with van der Waals surface area (Å²) < 4.78 is 25.4. The average Bonchev–Trinajstić information content (AvgIpc) is 1.47. The summed E-state index contributed by atoms with van der Waals surface area (Å²) in [7, 11) is 5.49. The molecule has 123 heavy (non-hydrogen) atoms. The van der Waals surface area contributed by atoms with Gasteiger partial charge in [-0.05, 0) is 105 Å². The molecule has 0 saturated carbocycles. The van der Waals surface area contributed by atoms with Crippen molar-refractivity contribution in [3.63, 3.8) is 0 Å². The van der Waals surface area contributed by atoms with Crippen LogP contribution in [-0.4, -0.2) is 263 Å². The Morgan fingerprint density at radius 2 is 1.07 bits per heavy atom. The number of cyclic esters (lactones) is 1. The predicted octanol–water partition coefficient (Wildman–Crippen LogP) is -2.75. The van der Waals surface area contributed by atoms with Gasteiger partial charge in [0.15, 0.2) is 5.78 Å². The Morgan fingerprint density at radius 1 is 0.537 bits per heavy atom. The first-order chi connectivity index (χ1) is 58.2. The fourth-order valence-electron chi connectivity index (χ4n) is 12.5. The van der Waals surface area contributed by atoms with E-state index in [2.05, 4.69) is 91.7 Å². The second-order valence-corrected chi connectivity index (χ2v) is 30.5. The van der Waals surface area contributed by atoms with Crippen LogP contribution in [0.25, 0.3) is 10.9 Å². The smallest absolute Gasteiger partial charge is 0.329 e. The molecule has 0 radical (unpaired) electrons. The number of nitrogens with one attached hydrogen (secondary N) is 16. The molecule has 2 aromatic carbocycles. The number of para-hydroxylation sites is 2. The maximum atomic E-state index is 15.2. The summed E-state index contributed by atoms with van der Waals surface area (Å²) in [6.07, 6.45) is -0.393. The van der Waals surface area contributed by atoms with Crippen molar-refractivity contribution in [1.82, 2.24) is 84.7 Å². The lowest BCUT2D eigenvalue weighted by molar-refractivity contribution is -0.156. The molecule has 12 atom stereocenters. The van der Waals surface area contributed by atoms with Crippen LogP contribution in [0.4, 0.5) is 5.69 Å². The number of Topliss-reactive ketones (excluding diaryl/α,β-unsaturated/α-hetero) is 2. The van der Waals surface area contributed by atoms with Crippen molar-refractivity contribution in [2.24, 2.45) is 0 Å². The van der Waals surface area contributed by atoms with E-state index in [0.717, 1.165) is 87.7 Å². The molecule has 1 aliphatic rings. The Labute approximate surface area is 711 Å². The van der Waals surface area contributed by atoms with Crippen LogP contribution in [-0.2, 0) is 121 Å². The van der Waals surface area contributed by atoms with Gasteiger partial charge in [-0.25, -0.2) is 4.79 Å². The third-order valence-corrected chi connectivity index (χ3v) is 19.2. The molecule has 4 rings (SSSR count). The molecule has 42 heteroatoms. The number of nitrogen functional groups attached to an aromatic ring is 1. The zero-order valence-corrected chi connectivity index (χ0v) is 71.5. The molecule has 1 saturated heterocycles. The molecule has 678 valence electrons. The Morgan fingerprint density at radius 3 is 1.67 bits per heavy atom. The summed E-state index contributed by atoms with van der Waals surface area (Å²) in [5.74, 6) is -22.6. The Bertz CT molecular complexity index is 4220. The number of ether oxygens (including phenoxy) is 5. The zero-order valence-electron chi connectivity index (χ0n) is 71.5. The van der Waals surface area contributed by atoms with Crippen LogP contribution in [0.1, 0.15) is 174 Å². The van der Waals surface area contributed by atoms with Gasteiger partial charge in [-0.1, -0.05) is 75.8 Å². The van der Waals surface area contributed by atoms with Gasteiger partial charge in [0.2, 0.25) is 82.7 Å². The molecule has 0 bridgehead atoms. The number of methoxy groups -OCH3 is 4. The van der Waals surface area contributed by atoms with Gasteiger partial charge in [-0.15, -0.1) is 0 Å². The maximum absolute atomic E-state index is 15.2. The molecule has 1 fully saturated rings. The van der Waals surface area contributed by atoms with E-state index in [1.165, 1.54) is 24.3 Å². The van der Waals surface area contributed by atoms with E-state index in [1.54, 1.807) is 58.3 Å². The third-order valence-electron chi connectivity index (χ3n) is 19.2. The number of hydrogen-bond donors (Lipinski definition) is 17. The number of carbonyl (C=O) groups excluding carboxylic acids is 20. The molecule has 14 amide bonds. The highest BCUT2D eigenvalue weighted by molar-refractivity contribution is 6.05.